The van der Waals surface area contributed by atoms with E-state index in [0.717, 1.165) is 22.4 Å². The Hall–Kier alpha value is -3.35. The summed E-state index contributed by atoms with van der Waals surface area (Å²) in [5.74, 6) is -0.283. The summed E-state index contributed by atoms with van der Waals surface area (Å²) in [4.78, 5) is 30.5. The molecule has 5 nitrogen and oxygen atoms in total. The molecule has 1 aromatic heterocycles. The standard InChI is InChI=1S/C26H22ClN3O2S/c1-17-8-13-22(18(2)14-17)29-24(31)16-33-26-28-15-23(19-6-4-3-5-7-19)30(26)25(32)20-9-11-21(27)12-10-20/h3-15H,16H2,1-2H3,(H,29,31). The zero-order valence-corrected chi connectivity index (χ0v) is 19.8. The minimum Gasteiger partial charge on any atom is -0.325 e. The third-order valence-corrected chi connectivity index (χ3v) is 6.29. The number of imidazole rings is 1. The Morgan fingerprint density at radius 1 is 1.00 bits per heavy atom. The average Bonchev–Trinajstić information content (AvgIpc) is 3.24. The van der Waals surface area contributed by atoms with E-state index in [0.29, 0.717) is 21.4 Å². The summed E-state index contributed by atoms with van der Waals surface area (Å²) >= 11 is 7.21. The molecule has 3 aromatic carbocycles. The van der Waals surface area contributed by atoms with Crippen molar-refractivity contribution in [3.63, 3.8) is 0 Å². The second-order valence-electron chi connectivity index (χ2n) is 7.59. The third kappa shape index (κ3) is 5.35. The lowest BCUT2D eigenvalue weighted by molar-refractivity contribution is -0.113. The molecule has 0 radical (unpaired) electrons. The zero-order valence-electron chi connectivity index (χ0n) is 18.2. The lowest BCUT2D eigenvalue weighted by atomic mass is 10.1. The van der Waals surface area contributed by atoms with E-state index in [1.165, 1.54) is 11.8 Å². The predicted molar refractivity (Wildman–Crippen MR) is 134 cm³/mol. The van der Waals surface area contributed by atoms with E-state index in [9.17, 15) is 9.59 Å². The maximum atomic E-state index is 13.4. The van der Waals surface area contributed by atoms with Gasteiger partial charge in [-0.2, -0.15) is 0 Å². The van der Waals surface area contributed by atoms with E-state index in [-0.39, 0.29) is 17.6 Å². The van der Waals surface area contributed by atoms with Crippen LogP contribution in [-0.4, -0.2) is 27.1 Å². The molecule has 4 rings (SSSR count). The summed E-state index contributed by atoms with van der Waals surface area (Å²) in [5.41, 5.74) is 4.91. The highest BCUT2D eigenvalue weighted by Gasteiger charge is 2.20. The predicted octanol–water partition coefficient (Wildman–Crippen LogP) is 6.24. The fourth-order valence-electron chi connectivity index (χ4n) is 3.44. The van der Waals surface area contributed by atoms with E-state index in [1.54, 1.807) is 35.0 Å². The Balaban J connectivity index is 1.60. The van der Waals surface area contributed by atoms with Gasteiger partial charge in [-0.25, -0.2) is 4.98 Å². The monoisotopic (exact) mass is 475 g/mol. The second kappa shape index (κ2) is 10.1. The van der Waals surface area contributed by atoms with Gasteiger partial charge in [0.05, 0.1) is 17.6 Å². The van der Waals surface area contributed by atoms with E-state index in [4.69, 9.17) is 11.6 Å². The lowest BCUT2D eigenvalue weighted by Gasteiger charge is -2.12. The van der Waals surface area contributed by atoms with E-state index in [1.807, 2.05) is 62.4 Å². The Morgan fingerprint density at radius 3 is 2.42 bits per heavy atom. The first kappa shape index (κ1) is 22.8. The number of anilines is 1. The number of hydrogen-bond donors (Lipinski definition) is 1. The summed E-state index contributed by atoms with van der Waals surface area (Å²) in [6, 6.07) is 22.2. The molecule has 0 saturated carbocycles. The van der Waals surface area contributed by atoms with Gasteiger partial charge in [0.1, 0.15) is 0 Å². The molecular formula is C26H22ClN3O2S. The molecule has 1 heterocycles. The van der Waals surface area contributed by atoms with Crippen LogP contribution in [-0.2, 0) is 4.79 Å². The fraction of sp³-hybridized carbons (Fsp3) is 0.115. The number of rotatable bonds is 6. The normalized spacial score (nSPS) is 10.8. The van der Waals surface area contributed by atoms with Crippen molar-refractivity contribution in [2.24, 2.45) is 0 Å². The molecular weight excluding hydrogens is 454 g/mol. The molecule has 166 valence electrons. The molecule has 0 spiro atoms. The van der Waals surface area contributed by atoms with Crippen molar-refractivity contribution in [3.05, 3.63) is 101 Å². The van der Waals surface area contributed by atoms with Gasteiger partial charge in [0.25, 0.3) is 5.91 Å². The summed E-state index contributed by atoms with van der Waals surface area (Å²) in [6.45, 7) is 3.97. The SMILES string of the molecule is Cc1ccc(NC(=O)CSc2ncc(-c3ccccc3)n2C(=O)c2ccc(Cl)cc2)c(C)c1. The number of aryl methyl sites for hydroxylation is 2. The summed E-state index contributed by atoms with van der Waals surface area (Å²) in [7, 11) is 0. The van der Waals surface area contributed by atoms with Crippen LogP contribution in [0.3, 0.4) is 0 Å². The van der Waals surface area contributed by atoms with Crippen LogP contribution in [0.5, 0.6) is 0 Å². The number of aromatic nitrogens is 2. The van der Waals surface area contributed by atoms with E-state index >= 15 is 0 Å². The minimum absolute atomic E-state index is 0.118. The molecule has 0 unspecified atom stereocenters. The molecule has 0 saturated heterocycles. The zero-order chi connectivity index (χ0) is 23.4. The van der Waals surface area contributed by atoms with Crippen LogP contribution in [0.25, 0.3) is 11.3 Å². The number of nitrogens with zero attached hydrogens (tertiary/aromatic N) is 2. The van der Waals surface area contributed by atoms with Crippen LogP contribution in [0, 0.1) is 13.8 Å². The van der Waals surface area contributed by atoms with Crippen LogP contribution in [0.1, 0.15) is 21.5 Å². The highest BCUT2D eigenvalue weighted by Crippen LogP contribution is 2.28. The van der Waals surface area contributed by atoms with Crippen molar-refractivity contribution in [1.29, 1.82) is 0 Å². The Bertz CT molecular complexity index is 1300. The molecule has 0 aliphatic rings. The van der Waals surface area contributed by atoms with Crippen molar-refractivity contribution in [1.82, 2.24) is 9.55 Å². The van der Waals surface area contributed by atoms with Crippen LogP contribution >= 0.6 is 23.4 Å². The van der Waals surface area contributed by atoms with Gasteiger partial charge >= 0.3 is 0 Å². The molecule has 0 fully saturated rings. The van der Waals surface area contributed by atoms with Gasteiger partial charge in [0, 0.05) is 21.8 Å². The number of halogens is 1. The Kier molecular flexibility index (Phi) is 6.96. The van der Waals surface area contributed by atoms with Gasteiger partial charge in [-0.3, -0.25) is 14.2 Å². The number of carbonyl (C=O) groups is 2. The highest BCUT2D eigenvalue weighted by molar-refractivity contribution is 7.99. The van der Waals surface area contributed by atoms with Gasteiger partial charge in [-0.15, -0.1) is 0 Å². The topological polar surface area (TPSA) is 64.0 Å². The maximum Gasteiger partial charge on any atom is 0.264 e. The first-order chi connectivity index (χ1) is 15.9. The van der Waals surface area contributed by atoms with Gasteiger partial charge < -0.3 is 5.32 Å². The number of thioether (sulfide) groups is 1. The Morgan fingerprint density at radius 2 is 1.73 bits per heavy atom. The first-order valence-electron chi connectivity index (χ1n) is 10.4. The number of nitrogens with one attached hydrogen (secondary N) is 1. The molecule has 0 bridgehead atoms. The van der Waals surface area contributed by atoms with Crippen molar-refractivity contribution >= 4 is 40.9 Å². The lowest BCUT2D eigenvalue weighted by Crippen LogP contribution is -2.17. The second-order valence-corrected chi connectivity index (χ2v) is 8.97. The molecule has 7 heteroatoms. The molecule has 4 aromatic rings. The van der Waals surface area contributed by atoms with Crippen molar-refractivity contribution < 1.29 is 9.59 Å². The van der Waals surface area contributed by atoms with Crippen LogP contribution in [0.15, 0.2) is 84.1 Å². The van der Waals surface area contributed by atoms with Gasteiger partial charge in [0.2, 0.25) is 5.91 Å². The largest absolute Gasteiger partial charge is 0.325 e. The molecule has 1 amide bonds. The smallest absolute Gasteiger partial charge is 0.264 e. The van der Waals surface area contributed by atoms with Gasteiger partial charge in [-0.05, 0) is 49.7 Å². The molecule has 1 N–H and O–H groups in total. The number of hydrogen-bond acceptors (Lipinski definition) is 4. The van der Waals surface area contributed by atoms with Crippen LogP contribution < -0.4 is 5.32 Å². The summed E-state index contributed by atoms with van der Waals surface area (Å²) < 4.78 is 1.55. The maximum absolute atomic E-state index is 13.4. The van der Waals surface area contributed by atoms with Crippen molar-refractivity contribution in [2.45, 2.75) is 19.0 Å². The van der Waals surface area contributed by atoms with E-state index in [2.05, 4.69) is 10.3 Å². The quantitative estimate of drug-likeness (QED) is 0.335. The van der Waals surface area contributed by atoms with Crippen LogP contribution in [0.2, 0.25) is 5.02 Å². The average molecular weight is 476 g/mol. The van der Waals surface area contributed by atoms with Crippen LogP contribution in [0.4, 0.5) is 5.69 Å². The van der Waals surface area contributed by atoms with Crippen molar-refractivity contribution in [2.75, 3.05) is 11.1 Å². The molecule has 0 atom stereocenters. The first-order valence-corrected chi connectivity index (χ1v) is 11.7. The minimum atomic E-state index is -0.236. The Labute approximate surface area is 201 Å². The molecule has 0 aliphatic carbocycles. The van der Waals surface area contributed by atoms with Gasteiger partial charge in [-0.1, -0.05) is 71.4 Å². The molecule has 0 aliphatic heterocycles. The van der Waals surface area contributed by atoms with Crippen molar-refractivity contribution in [3.8, 4) is 11.3 Å². The number of carbonyl (C=O) groups excluding carboxylic acids is 2. The number of amides is 1. The summed E-state index contributed by atoms with van der Waals surface area (Å²) in [6.07, 6.45) is 1.66. The number of benzene rings is 3. The van der Waals surface area contributed by atoms with Gasteiger partial charge in [0.15, 0.2) is 5.16 Å². The fourth-order valence-corrected chi connectivity index (χ4v) is 4.33. The molecule has 33 heavy (non-hydrogen) atoms. The third-order valence-electron chi connectivity index (χ3n) is 5.08. The highest BCUT2D eigenvalue weighted by atomic mass is 35.5. The van der Waals surface area contributed by atoms with E-state index < -0.39 is 0 Å². The summed E-state index contributed by atoms with van der Waals surface area (Å²) in [5, 5.41) is 3.94.